The van der Waals surface area contributed by atoms with Crippen molar-refractivity contribution in [1.29, 1.82) is 0 Å². The Morgan fingerprint density at radius 3 is 2.91 bits per heavy atom. The number of nitrogens with zero attached hydrogens (tertiary/aromatic N) is 4. The predicted octanol–water partition coefficient (Wildman–Crippen LogP) is 3.33. The van der Waals surface area contributed by atoms with Crippen LogP contribution in [-0.2, 0) is 9.47 Å². The molecule has 1 amide bonds. The maximum atomic E-state index is 11.9. The van der Waals surface area contributed by atoms with Crippen LogP contribution in [0, 0.1) is 0 Å². The van der Waals surface area contributed by atoms with Gasteiger partial charge in [0, 0.05) is 43.5 Å². The largest absolute Gasteiger partial charge is 0.444 e. The van der Waals surface area contributed by atoms with Crippen molar-refractivity contribution in [2.24, 2.45) is 0 Å². The summed E-state index contributed by atoms with van der Waals surface area (Å²) in [6, 6.07) is 3.90. The van der Waals surface area contributed by atoms with E-state index in [1.165, 1.54) is 31.4 Å². The van der Waals surface area contributed by atoms with Gasteiger partial charge in [0.2, 0.25) is 5.95 Å². The Morgan fingerprint density at radius 2 is 2.12 bits per heavy atom. The van der Waals surface area contributed by atoms with E-state index in [0.717, 1.165) is 5.82 Å². The minimum absolute atomic E-state index is 0.170. The average Bonchev–Trinajstić information content (AvgIpc) is 3.43. The molecule has 0 radical (unpaired) electrons. The lowest BCUT2D eigenvalue weighted by Crippen LogP contribution is -2.48. The molecule has 3 N–H and O–H groups in total. The molecule has 0 spiro atoms. The van der Waals surface area contributed by atoms with Crippen LogP contribution in [0.3, 0.4) is 0 Å². The first-order chi connectivity index (χ1) is 15.4. The molecule has 3 heterocycles. The highest BCUT2D eigenvalue weighted by Crippen LogP contribution is 2.34. The van der Waals surface area contributed by atoms with Crippen molar-refractivity contribution in [3.05, 3.63) is 24.0 Å². The maximum absolute atomic E-state index is 11.9. The van der Waals surface area contributed by atoms with Crippen molar-refractivity contribution in [3.8, 4) is 0 Å². The fraction of sp³-hybridized carbons (Fsp3) is 0.636. The van der Waals surface area contributed by atoms with Gasteiger partial charge in [-0.3, -0.25) is 5.10 Å². The van der Waals surface area contributed by atoms with Crippen molar-refractivity contribution < 1.29 is 14.3 Å². The van der Waals surface area contributed by atoms with Crippen LogP contribution in [0.5, 0.6) is 0 Å². The number of H-pyrrole nitrogens is 1. The Morgan fingerprint density at radius 1 is 1.31 bits per heavy atom. The number of nitrogens with one attached hydrogen (secondary N) is 3. The van der Waals surface area contributed by atoms with E-state index in [1.54, 1.807) is 6.20 Å². The molecule has 174 valence electrons. The monoisotopic (exact) mass is 443 g/mol. The lowest BCUT2D eigenvalue weighted by molar-refractivity contribution is 0.0280. The molecule has 1 saturated heterocycles. The highest BCUT2D eigenvalue weighted by Gasteiger charge is 2.24. The summed E-state index contributed by atoms with van der Waals surface area (Å²) in [5, 5.41) is 13.6. The Labute approximate surface area is 188 Å². The van der Waals surface area contributed by atoms with E-state index in [4.69, 9.17) is 9.47 Å². The standard InChI is InChI=1S/C22H33N7O3/c1-22(2,3)32-21(30)24-13-16-14-29(10-11-31-16)20-23-9-8-18(26-20)25-19-12-17(27-28-19)15-6-4-5-7-15/h8-9,12,15-16H,4-7,10-11,13-14H2,1-3H3,(H,24,30)(H2,23,25,26,27,28). The van der Waals surface area contributed by atoms with Gasteiger partial charge in [0.1, 0.15) is 11.4 Å². The Kier molecular flexibility index (Phi) is 6.78. The molecule has 32 heavy (non-hydrogen) atoms. The smallest absolute Gasteiger partial charge is 0.407 e. The fourth-order valence-corrected chi connectivity index (χ4v) is 4.08. The highest BCUT2D eigenvalue weighted by atomic mass is 16.6. The molecule has 4 rings (SSSR count). The number of ether oxygens (including phenoxy) is 2. The molecule has 1 atom stereocenters. The normalized spacial score (nSPS) is 19.7. The van der Waals surface area contributed by atoms with Gasteiger partial charge >= 0.3 is 6.09 Å². The van der Waals surface area contributed by atoms with E-state index in [1.807, 2.05) is 26.8 Å². The van der Waals surface area contributed by atoms with E-state index in [-0.39, 0.29) is 6.10 Å². The second kappa shape index (κ2) is 9.72. The van der Waals surface area contributed by atoms with E-state index >= 15 is 0 Å². The van der Waals surface area contributed by atoms with Gasteiger partial charge in [-0.1, -0.05) is 12.8 Å². The Hall–Kier alpha value is -2.88. The SMILES string of the molecule is CC(C)(C)OC(=O)NCC1CN(c2nccc(Nc3cc(C4CCCC4)[nH]n3)n2)CCO1. The minimum atomic E-state index is -0.531. The summed E-state index contributed by atoms with van der Waals surface area (Å²) < 4.78 is 11.1. The summed E-state index contributed by atoms with van der Waals surface area (Å²) in [7, 11) is 0. The van der Waals surface area contributed by atoms with Crippen molar-refractivity contribution in [3.63, 3.8) is 0 Å². The first-order valence-electron chi connectivity index (χ1n) is 11.3. The number of amides is 1. The van der Waals surface area contributed by atoms with Crippen molar-refractivity contribution in [1.82, 2.24) is 25.5 Å². The molecule has 1 unspecified atom stereocenters. The van der Waals surface area contributed by atoms with Crippen LogP contribution < -0.4 is 15.5 Å². The number of rotatable bonds is 6. The van der Waals surface area contributed by atoms with Gasteiger partial charge in [0.05, 0.1) is 12.7 Å². The second-order valence-corrected chi connectivity index (χ2v) is 9.38. The Bertz CT molecular complexity index is 905. The maximum Gasteiger partial charge on any atom is 0.407 e. The molecule has 2 fully saturated rings. The summed E-state index contributed by atoms with van der Waals surface area (Å²) in [5.41, 5.74) is 0.657. The zero-order valence-corrected chi connectivity index (χ0v) is 19.1. The molecule has 2 aromatic rings. The molecule has 0 bridgehead atoms. The number of morpholine rings is 1. The van der Waals surface area contributed by atoms with Gasteiger partial charge in [-0.25, -0.2) is 9.78 Å². The lowest BCUT2D eigenvalue weighted by Gasteiger charge is -2.33. The summed E-state index contributed by atoms with van der Waals surface area (Å²) >= 11 is 0. The molecule has 0 aromatic carbocycles. The summed E-state index contributed by atoms with van der Waals surface area (Å²) in [6.45, 7) is 7.66. The van der Waals surface area contributed by atoms with Crippen molar-refractivity contribution in [2.45, 2.75) is 64.1 Å². The molecule has 10 nitrogen and oxygen atoms in total. The van der Waals surface area contributed by atoms with Gasteiger partial charge in [-0.15, -0.1) is 0 Å². The second-order valence-electron chi connectivity index (χ2n) is 9.38. The number of aromatic nitrogens is 4. The first kappa shape index (κ1) is 22.3. The van der Waals surface area contributed by atoms with Crippen LogP contribution in [0.4, 0.5) is 22.4 Å². The first-order valence-corrected chi connectivity index (χ1v) is 11.3. The van der Waals surface area contributed by atoms with Gasteiger partial charge in [0.25, 0.3) is 0 Å². The highest BCUT2D eigenvalue weighted by molar-refractivity contribution is 5.67. The summed E-state index contributed by atoms with van der Waals surface area (Å²) in [5.74, 6) is 2.65. The number of carbonyl (C=O) groups excluding carboxylic acids is 1. The summed E-state index contributed by atoms with van der Waals surface area (Å²) in [6.07, 6.45) is 6.14. The van der Waals surface area contributed by atoms with E-state index in [2.05, 4.69) is 41.8 Å². The topological polar surface area (TPSA) is 117 Å². The molecule has 1 aliphatic heterocycles. The van der Waals surface area contributed by atoms with E-state index in [9.17, 15) is 4.79 Å². The van der Waals surface area contributed by atoms with Crippen molar-refractivity contribution >= 4 is 23.7 Å². The van der Waals surface area contributed by atoms with Gasteiger partial charge < -0.3 is 25.0 Å². The molecule has 10 heteroatoms. The van der Waals surface area contributed by atoms with Crippen LogP contribution in [-0.4, -0.2) is 64.2 Å². The molecule has 2 aromatic heterocycles. The minimum Gasteiger partial charge on any atom is -0.444 e. The van der Waals surface area contributed by atoms with E-state index < -0.39 is 11.7 Å². The fourth-order valence-electron chi connectivity index (χ4n) is 4.08. The van der Waals surface area contributed by atoms with Crippen LogP contribution in [0.15, 0.2) is 18.3 Å². The van der Waals surface area contributed by atoms with Gasteiger partial charge in [-0.2, -0.15) is 10.1 Å². The third-order valence-electron chi connectivity index (χ3n) is 5.59. The third-order valence-corrected chi connectivity index (χ3v) is 5.59. The molecular weight excluding hydrogens is 410 g/mol. The van der Waals surface area contributed by atoms with Crippen LogP contribution in [0.1, 0.15) is 58.1 Å². The molecule has 2 aliphatic rings. The number of hydrogen-bond acceptors (Lipinski definition) is 8. The Balaban J connectivity index is 1.33. The van der Waals surface area contributed by atoms with Crippen LogP contribution >= 0.6 is 0 Å². The van der Waals surface area contributed by atoms with Crippen LogP contribution in [0.2, 0.25) is 0 Å². The van der Waals surface area contributed by atoms with Gasteiger partial charge in [0.15, 0.2) is 5.82 Å². The number of hydrogen-bond donors (Lipinski definition) is 3. The van der Waals surface area contributed by atoms with E-state index in [0.29, 0.717) is 43.9 Å². The van der Waals surface area contributed by atoms with Crippen molar-refractivity contribution in [2.75, 3.05) is 36.5 Å². The zero-order chi connectivity index (χ0) is 22.6. The lowest BCUT2D eigenvalue weighted by atomic mass is 10.0. The zero-order valence-electron chi connectivity index (χ0n) is 19.1. The molecule has 1 saturated carbocycles. The predicted molar refractivity (Wildman–Crippen MR) is 121 cm³/mol. The quantitative estimate of drug-likeness (QED) is 0.622. The molecule has 1 aliphatic carbocycles. The van der Waals surface area contributed by atoms with Crippen LogP contribution in [0.25, 0.3) is 0 Å². The van der Waals surface area contributed by atoms with Gasteiger partial charge in [-0.05, 0) is 39.7 Å². The summed E-state index contributed by atoms with van der Waals surface area (Å²) in [4.78, 5) is 23.1. The number of anilines is 3. The third kappa shape index (κ3) is 6.09. The molecular formula is C22H33N7O3. The number of carbonyl (C=O) groups is 1. The average molecular weight is 444 g/mol. The number of aromatic amines is 1. The number of alkyl carbamates (subject to hydrolysis) is 1.